The fraction of sp³-hybridized carbons (Fsp3) is 0.850. The highest BCUT2D eigenvalue weighted by Gasteiger charge is 2.64. The average Bonchev–Trinajstić information content (AvgIpc) is 2.69. The van der Waals surface area contributed by atoms with Crippen LogP contribution < -0.4 is 0 Å². The highest BCUT2D eigenvalue weighted by atomic mass is 16.3. The number of hydrogen-bond acceptors (Lipinski definition) is 3. The maximum Gasteiger partial charge on any atom is 0.155 e. The minimum atomic E-state index is -0.664. The molecule has 3 nitrogen and oxygen atoms in total. The molecule has 0 aromatic rings. The predicted octanol–water partition coefficient (Wildman–Crippen LogP) is 3.24. The summed E-state index contributed by atoms with van der Waals surface area (Å²) in [6.45, 7) is 6.44. The van der Waals surface area contributed by atoms with E-state index in [9.17, 15) is 15.0 Å². The largest absolute Gasteiger partial charge is 0.393 e. The van der Waals surface area contributed by atoms with E-state index < -0.39 is 5.60 Å². The van der Waals surface area contributed by atoms with Crippen molar-refractivity contribution in [1.82, 2.24) is 0 Å². The van der Waals surface area contributed by atoms with E-state index in [0.29, 0.717) is 24.7 Å². The summed E-state index contributed by atoms with van der Waals surface area (Å²) in [7, 11) is 0. The van der Waals surface area contributed by atoms with Crippen molar-refractivity contribution in [3.05, 3.63) is 11.6 Å². The van der Waals surface area contributed by atoms with E-state index in [4.69, 9.17) is 0 Å². The van der Waals surface area contributed by atoms with Gasteiger partial charge in [0.25, 0.3) is 0 Å². The van der Waals surface area contributed by atoms with E-state index in [1.54, 1.807) is 0 Å². The molecule has 23 heavy (non-hydrogen) atoms. The molecule has 3 fully saturated rings. The number of rotatable bonds is 0. The summed E-state index contributed by atoms with van der Waals surface area (Å²) in [6, 6.07) is 0. The molecule has 0 spiro atoms. The number of allylic oxidation sites excluding steroid dienone is 1. The fourth-order valence-corrected chi connectivity index (χ4v) is 6.91. The molecule has 2 unspecified atom stereocenters. The summed E-state index contributed by atoms with van der Waals surface area (Å²) in [5, 5.41) is 22.0. The molecule has 0 heterocycles. The third-order valence-corrected chi connectivity index (χ3v) is 8.46. The number of fused-ring (bicyclic) bond motifs is 5. The van der Waals surface area contributed by atoms with Crippen LogP contribution in [0.15, 0.2) is 11.6 Å². The second-order valence-corrected chi connectivity index (χ2v) is 9.39. The lowest BCUT2D eigenvalue weighted by Gasteiger charge is -2.60. The van der Waals surface area contributed by atoms with Crippen LogP contribution in [0.4, 0.5) is 0 Å². The van der Waals surface area contributed by atoms with E-state index in [2.05, 4.69) is 13.8 Å². The van der Waals surface area contributed by atoms with Gasteiger partial charge in [-0.15, -0.1) is 0 Å². The Hall–Kier alpha value is -0.670. The Morgan fingerprint density at radius 2 is 1.87 bits per heavy atom. The van der Waals surface area contributed by atoms with Crippen LogP contribution in [0.1, 0.15) is 65.7 Å². The Balaban J connectivity index is 1.75. The van der Waals surface area contributed by atoms with Crippen molar-refractivity contribution in [1.29, 1.82) is 0 Å². The Labute approximate surface area is 139 Å². The van der Waals surface area contributed by atoms with E-state index >= 15 is 0 Å². The van der Waals surface area contributed by atoms with Crippen LogP contribution in [-0.2, 0) is 4.79 Å². The van der Waals surface area contributed by atoms with Crippen molar-refractivity contribution in [2.24, 2.45) is 28.6 Å². The Morgan fingerprint density at radius 3 is 2.61 bits per heavy atom. The minimum absolute atomic E-state index is 0.0218. The molecule has 2 N–H and O–H groups in total. The highest BCUT2D eigenvalue weighted by Crippen LogP contribution is 2.67. The summed E-state index contributed by atoms with van der Waals surface area (Å²) < 4.78 is 0. The highest BCUT2D eigenvalue weighted by molar-refractivity contribution is 5.91. The molecule has 4 aliphatic carbocycles. The molecule has 0 aliphatic heterocycles. The molecule has 0 aromatic carbocycles. The van der Waals surface area contributed by atoms with Crippen molar-refractivity contribution < 1.29 is 15.0 Å². The Morgan fingerprint density at radius 1 is 1.13 bits per heavy atom. The number of aliphatic hydroxyl groups excluding tert-OH is 1. The molecule has 7 atom stereocenters. The summed E-state index contributed by atoms with van der Waals surface area (Å²) in [4.78, 5) is 11.8. The number of ketones is 1. The van der Waals surface area contributed by atoms with Crippen LogP contribution >= 0.6 is 0 Å². The van der Waals surface area contributed by atoms with Crippen molar-refractivity contribution in [3.8, 4) is 0 Å². The van der Waals surface area contributed by atoms with Crippen molar-refractivity contribution in [2.45, 2.75) is 77.4 Å². The fourth-order valence-electron chi connectivity index (χ4n) is 6.91. The van der Waals surface area contributed by atoms with Gasteiger partial charge in [-0.05, 0) is 74.7 Å². The van der Waals surface area contributed by atoms with Gasteiger partial charge in [0.05, 0.1) is 11.7 Å². The van der Waals surface area contributed by atoms with Gasteiger partial charge < -0.3 is 10.2 Å². The maximum absolute atomic E-state index is 11.8. The third-order valence-electron chi connectivity index (χ3n) is 8.46. The first-order valence-electron chi connectivity index (χ1n) is 9.33. The summed E-state index contributed by atoms with van der Waals surface area (Å²) in [5.74, 6) is 1.49. The molecular weight excluding hydrogens is 288 g/mol. The number of carbonyl (C=O) groups is 1. The number of aliphatic hydroxyl groups is 2. The SMILES string of the molecule is CC1(O)CC[C@H]2[C@@H]3CCC4=CC(=O)CC[C@]4(C)[C@@H]3C(O)C[C@@]21C. The second kappa shape index (κ2) is 4.70. The van der Waals surface area contributed by atoms with Crippen molar-refractivity contribution in [2.75, 3.05) is 0 Å². The van der Waals surface area contributed by atoms with Gasteiger partial charge in [-0.2, -0.15) is 0 Å². The van der Waals surface area contributed by atoms with Crippen molar-refractivity contribution in [3.63, 3.8) is 0 Å². The third kappa shape index (κ3) is 1.93. The summed E-state index contributed by atoms with van der Waals surface area (Å²) in [6.07, 6.45) is 7.69. The van der Waals surface area contributed by atoms with E-state index in [1.165, 1.54) is 5.57 Å². The van der Waals surface area contributed by atoms with Crippen molar-refractivity contribution >= 4 is 5.78 Å². The van der Waals surface area contributed by atoms with Crippen LogP contribution in [0.2, 0.25) is 0 Å². The van der Waals surface area contributed by atoms with Crippen LogP contribution in [0.3, 0.4) is 0 Å². The first kappa shape index (κ1) is 15.8. The Kier molecular flexibility index (Phi) is 3.23. The van der Waals surface area contributed by atoms with Crippen LogP contribution in [0.5, 0.6) is 0 Å². The molecule has 0 aromatic heterocycles. The maximum atomic E-state index is 11.8. The molecule has 4 aliphatic rings. The zero-order valence-electron chi connectivity index (χ0n) is 14.6. The lowest BCUT2D eigenvalue weighted by molar-refractivity contribution is -0.166. The zero-order valence-corrected chi connectivity index (χ0v) is 14.6. The molecule has 3 saturated carbocycles. The normalized spacial score (nSPS) is 55.7. The monoisotopic (exact) mass is 318 g/mol. The van der Waals surface area contributed by atoms with Gasteiger partial charge in [0.2, 0.25) is 0 Å². The lowest BCUT2D eigenvalue weighted by atomic mass is 9.45. The molecule has 0 radical (unpaired) electrons. The van der Waals surface area contributed by atoms with Gasteiger partial charge in [-0.1, -0.05) is 19.4 Å². The van der Waals surface area contributed by atoms with Crippen LogP contribution in [-0.4, -0.2) is 27.7 Å². The van der Waals surface area contributed by atoms with Gasteiger partial charge in [0.1, 0.15) is 0 Å². The molecule has 4 rings (SSSR count). The smallest absolute Gasteiger partial charge is 0.155 e. The standard InChI is InChI=1S/C20H30O3/c1-18-8-6-13(21)10-12(18)4-5-14-15-7-9-20(3,23)19(15,2)11-16(22)17(14)18/h10,14-17,22-23H,4-9,11H2,1-3H3/t14-,15-,16?,17-,18-,19-,20?/m0/s1. The van der Waals surface area contributed by atoms with Gasteiger partial charge >= 0.3 is 0 Å². The van der Waals surface area contributed by atoms with Gasteiger partial charge in [-0.3, -0.25) is 4.79 Å². The van der Waals surface area contributed by atoms with Gasteiger partial charge in [0, 0.05) is 11.8 Å². The lowest BCUT2D eigenvalue weighted by Crippen LogP contribution is -2.59. The topological polar surface area (TPSA) is 57.5 Å². The first-order valence-corrected chi connectivity index (χ1v) is 9.33. The molecule has 0 saturated heterocycles. The number of carbonyl (C=O) groups excluding carboxylic acids is 1. The van der Waals surface area contributed by atoms with Gasteiger partial charge in [-0.25, -0.2) is 0 Å². The molecular formula is C20H30O3. The number of hydrogen-bond donors (Lipinski definition) is 2. The Bertz CT molecular complexity index is 577. The summed E-state index contributed by atoms with van der Waals surface area (Å²) >= 11 is 0. The van der Waals surface area contributed by atoms with Crippen LogP contribution in [0, 0.1) is 28.6 Å². The predicted molar refractivity (Wildman–Crippen MR) is 88.7 cm³/mol. The second-order valence-electron chi connectivity index (χ2n) is 9.39. The van der Waals surface area contributed by atoms with Crippen LogP contribution in [0.25, 0.3) is 0 Å². The molecule has 128 valence electrons. The van der Waals surface area contributed by atoms with E-state index in [1.807, 2.05) is 13.0 Å². The van der Waals surface area contributed by atoms with E-state index in [0.717, 1.165) is 32.1 Å². The molecule has 3 heteroatoms. The average molecular weight is 318 g/mol. The summed E-state index contributed by atoms with van der Waals surface area (Å²) in [5.41, 5.74) is 0.424. The molecule has 0 bridgehead atoms. The molecule has 0 amide bonds. The van der Waals surface area contributed by atoms with E-state index in [-0.39, 0.29) is 28.6 Å². The quantitative estimate of drug-likeness (QED) is 0.721. The zero-order chi connectivity index (χ0) is 16.6. The first-order chi connectivity index (χ1) is 10.7. The van der Waals surface area contributed by atoms with Gasteiger partial charge in [0.15, 0.2) is 5.78 Å². The minimum Gasteiger partial charge on any atom is -0.393 e.